The van der Waals surface area contributed by atoms with Crippen molar-refractivity contribution in [3.63, 3.8) is 0 Å². The smallest absolute Gasteiger partial charge is 0.161 e. The Morgan fingerprint density at radius 2 is 1.93 bits per heavy atom. The third-order valence-electron chi connectivity index (χ3n) is 2.30. The standard InChI is InChI=1S/C13H22O2/c1-6-7-11(14)13(10(4)5)12(15)8-9(2)3/h6,8,10-11,13-14H,1,7H2,2-5H3/t11-,13+/m0/s1. The van der Waals surface area contributed by atoms with Crippen molar-refractivity contribution in [3.8, 4) is 0 Å². The summed E-state index contributed by atoms with van der Waals surface area (Å²) in [5.41, 5.74) is 0.969. The Labute approximate surface area is 92.7 Å². The van der Waals surface area contributed by atoms with Crippen LogP contribution in [0.1, 0.15) is 34.1 Å². The predicted molar refractivity (Wildman–Crippen MR) is 63.6 cm³/mol. The number of allylic oxidation sites excluding steroid dienone is 2. The van der Waals surface area contributed by atoms with Crippen LogP contribution in [0.15, 0.2) is 24.3 Å². The fourth-order valence-corrected chi connectivity index (χ4v) is 1.66. The molecule has 0 aromatic rings. The van der Waals surface area contributed by atoms with Gasteiger partial charge in [0.1, 0.15) is 0 Å². The van der Waals surface area contributed by atoms with E-state index in [2.05, 4.69) is 6.58 Å². The van der Waals surface area contributed by atoms with E-state index < -0.39 is 6.10 Å². The summed E-state index contributed by atoms with van der Waals surface area (Å²) in [6.45, 7) is 11.2. The maximum Gasteiger partial charge on any atom is 0.161 e. The van der Waals surface area contributed by atoms with Crippen molar-refractivity contribution in [1.29, 1.82) is 0 Å². The lowest BCUT2D eigenvalue weighted by Crippen LogP contribution is -2.31. The molecular formula is C13H22O2. The van der Waals surface area contributed by atoms with E-state index in [1.54, 1.807) is 12.2 Å². The van der Waals surface area contributed by atoms with Gasteiger partial charge in [-0.25, -0.2) is 0 Å². The Morgan fingerprint density at radius 1 is 1.40 bits per heavy atom. The Balaban J connectivity index is 4.73. The highest BCUT2D eigenvalue weighted by Crippen LogP contribution is 2.20. The molecule has 1 N–H and O–H groups in total. The zero-order valence-electron chi connectivity index (χ0n) is 10.2. The molecule has 86 valence electrons. The van der Waals surface area contributed by atoms with Gasteiger partial charge in [0, 0.05) is 0 Å². The summed E-state index contributed by atoms with van der Waals surface area (Å²) in [5, 5.41) is 9.84. The zero-order valence-corrected chi connectivity index (χ0v) is 10.2. The van der Waals surface area contributed by atoms with E-state index >= 15 is 0 Å². The first-order valence-corrected chi connectivity index (χ1v) is 5.37. The fraction of sp³-hybridized carbons (Fsp3) is 0.615. The van der Waals surface area contributed by atoms with Gasteiger partial charge in [0.2, 0.25) is 0 Å². The number of carbonyl (C=O) groups excluding carboxylic acids is 1. The highest BCUT2D eigenvalue weighted by atomic mass is 16.3. The summed E-state index contributed by atoms with van der Waals surface area (Å²) in [6, 6.07) is 0. The first-order chi connectivity index (χ1) is 6.90. The average molecular weight is 210 g/mol. The molecule has 0 unspecified atom stereocenters. The topological polar surface area (TPSA) is 37.3 Å². The summed E-state index contributed by atoms with van der Waals surface area (Å²) >= 11 is 0. The lowest BCUT2D eigenvalue weighted by atomic mass is 9.84. The lowest BCUT2D eigenvalue weighted by Gasteiger charge is -2.23. The van der Waals surface area contributed by atoms with Crippen LogP contribution in [0.5, 0.6) is 0 Å². The molecule has 15 heavy (non-hydrogen) atoms. The summed E-state index contributed by atoms with van der Waals surface area (Å²) < 4.78 is 0. The maximum atomic E-state index is 11.8. The van der Waals surface area contributed by atoms with Crippen molar-refractivity contribution in [1.82, 2.24) is 0 Å². The van der Waals surface area contributed by atoms with Crippen LogP contribution in [0, 0.1) is 11.8 Å². The van der Waals surface area contributed by atoms with Gasteiger partial charge in [0.15, 0.2) is 5.78 Å². The average Bonchev–Trinajstić information content (AvgIpc) is 2.01. The second-order valence-electron chi connectivity index (χ2n) is 4.49. The van der Waals surface area contributed by atoms with Gasteiger partial charge in [0.25, 0.3) is 0 Å². The third kappa shape index (κ3) is 4.93. The number of carbonyl (C=O) groups is 1. The Hall–Kier alpha value is -0.890. The van der Waals surface area contributed by atoms with Crippen molar-refractivity contribution in [3.05, 3.63) is 24.3 Å². The highest BCUT2D eigenvalue weighted by Gasteiger charge is 2.27. The minimum Gasteiger partial charge on any atom is -0.392 e. The van der Waals surface area contributed by atoms with Gasteiger partial charge >= 0.3 is 0 Å². The second-order valence-corrected chi connectivity index (χ2v) is 4.49. The lowest BCUT2D eigenvalue weighted by molar-refractivity contribution is -0.123. The molecule has 0 spiro atoms. The molecule has 0 saturated heterocycles. The van der Waals surface area contributed by atoms with Crippen LogP contribution in [0.25, 0.3) is 0 Å². The van der Waals surface area contributed by atoms with Crippen LogP contribution in [0.4, 0.5) is 0 Å². The second kappa shape index (κ2) is 6.57. The van der Waals surface area contributed by atoms with Crippen molar-refractivity contribution >= 4 is 5.78 Å². The van der Waals surface area contributed by atoms with Crippen LogP contribution in [0.2, 0.25) is 0 Å². The molecule has 0 heterocycles. The Morgan fingerprint density at radius 3 is 2.27 bits per heavy atom. The molecule has 0 fully saturated rings. The van der Waals surface area contributed by atoms with E-state index in [0.29, 0.717) is 6.42 Å². The zero-order chi connectivity index (χ0) is 12.0. The molecule has 0 aromatic heterocycles. The minimum absolute atomic E-state index is 0.0133. The normalized spacial score (nSPS) is 14.5. The van der Waals surface area contributed by atoms with Gasteiger partial charge in [-0.15, -0.1) is 6.58 Å². The number of aliphatic hydroxyl groups excluding tert-OH is 1. The van der Waals surface area contributed by atoms with Crippen LogP contribution in [0.3, 0.4) is 0 Å². The van der Waals surface area contributed by atoms with Gasteiger partial charge in [0.05, 0.1) is 12.0 Å². The van der Waals surface area contributed by atoms with Crippen LogP contribution in [-0.2, 0) is 4.79 Å². The number of aliphatic hydroxyl groups is 1. The van der Waals surface area contributed by atoms with Gasteiger partial charge < -0.3 is 5.11 Å². The Bertz CT molecular complexity index is 247. The van der Waals surface area contributed by atoms with Crippen molar-refractivity contribution in [2.45, 2.75) is 40.2 Å². The minimum atomic E-state index is -0.620. The van der Waals surface area contributed by atoms with E-state index in [1.807, 2.05) is 27.7 Å². The van der Waals surface area contributed by atoms with Gasteiger partial charge in [-0.1, -0.05) is 25.5 Å². The summed E-state index contributed by atoms with van der Waals surface area (Å²) in [7, 11) is 0. The highest BCUT2D eigenvalue weighted by molar-refractivity contribution is 5.92. The predicted octanol–water partition coefficient (Wildman–Crippen LogP) is 2.73. The van der Waals surface area contributed by atoms with E-state index in [4.69, 9.17) is 0 Å². The number of hydrogen-bond donors (Lipinski definition) is 1. The molecule has 0 radical (unpaired) electrons. The molecule has 0 aromatic carbocycles. The SMILES string of the molecule is C=CC[C@H](O)[C@H](C(=O)C=C(C)C)C(C)C. The summed E-state index contributed by atoms with van der Waals surface area (Å²) in [6.07, 6.45) is 3.10. The fourth-order valence-electron chi connectivity index (χ4n) is 1.66. The molecule has 0 amide bonds. The first kappa shape index (κ1) is 14.1. The van der Waals surface area contributed by atoms with E-state index in [-0.39, 0.29) is 17.6 Å². The van der Waals surface area contributed by atoms with E-state index in [0.717, 1.165) is 5.57 Å². The largest absolute Gasteiger partial charge is 0.392 e. The molecule has 2 atom stereocenters. The molecular weight excluding hydrogens is 188 g/mol. The Kier molecular flexibility index (Phi) is 6.18. The first-order valence-electron chi connectivity index (χ1n) is 5.37. The van der Waals surface area contributed by atoms with E-state index in [1.165, 1.54) is 0 Å². The van der Waals surface area contributed by atoms with Gasteiger partial charge in [-0.3, -0.25) is 4.79 Å². The van der Waals surface area contributed by atoms with Crippen LogP contribution < -0.4 is 0 Å². The summed E-state index contributed by atoms with van der Waals surface area (Å²) in [4.78, 5) is 11.8. The molecule has 0 saturated carbocycles. The van der Waals surface area contributed by atoms with Crippen molar-refractivity contribution in [2.75, 3.05) is 0 Å². The van der Waals surface area contributed by atoms with Gasteiger partial charge in [-0.05, 0) is 32.3 Å². The van der Waals surface area contributed by atoms with Crippen molar-refractivity contribution < 1.29 is 9.90 Å². The van der Waals surface area contributed by atoms with Crippen molar-refractivity contribution in [2.24, 2.45) is 11.8 Å². The molecule has 0 aliphatic heterocycles. The molecule has 0 aliphatic rings. The van der Waals surface area contributed by atoms with Crippen LogP contribution >= 0.6 is 0 Å². The van der Waals surface area contributed by atoms with Gasteiger partial charge in [-0.2, -0.15) is 0 Å². The maximum absolute atomic E-state index is 11.8. The van der Waals surface area contributed by atoms with E-state index in [9.17, 15) is 9.90 Å². The molecule has 2 nitrogen and oxygen atoms in total. The van der Waals surface area contributed by atoms with Crippen LogP contribution in [-0.4, -0.2) is 17.0 Å². The monoisotopic (exact) mass is 210 g/mol. The third-order valence-corrected chi connectivity index (χ3v) is 2.30. The molecule has 0 bridgehead atoms. The quantitative estimate of drug-likeness (QED) is 0.540. The number of ketones is 1. The number of hydrogen-bond acceptors (Lipinski definition) is 2. The summed E-state index contributed by atoms with van der Waals surface area (Å²) in [5.74, 6) is -0.166. The molecule has 2 heteroatoms. The molecule has 0 rings (SSSR count). The number of rotatable bonds is 6. The molecule has 0 aliphatic carbocycles.